The summed E-state index contributed by atoms with van der Waals surface area (Å²) in [6.45, 7) is 0.327. The van der Waals surface area contributed by atoms with Gasteiger partial charge in [-0.2, -0.15) is 13.2 Å². The number of halogens is 6. The number of fused-ring (bicyclic) bond motifs is 1. The minimum Gasteiger partial charge on any atom is -0.478 e. The molecule has 0 amide bonds. The predicted molar refractivity (Wildman–Crippen MR) is 112 cm³/mol. The van der Waals surface area contributed by atoms with Crippen molar-refractivity contribution in [2.75, 3.05) is 6.61 Å². The number of hydrogen-bond donors (Lipinski definition) is 0. The molecule has 1 nitrogen and oxygen atoms in total. The SMILES string of the molecule is CCCCCc1ccc(CCc2ccc3c(F)c(OCC(F)(F)F)c(F)cc3c2)c(F)c1. The number of alkyl halides is 3. The zero-order valence-electron chi connectivity index (χ0n) is 17.7. The van der Waals surface area contributed by atoms with Crippen LogP contribution in [0.25, 0.3) is 10.8 Å². The van der Waals surface area contributed by atoms with E-state index in [4.69, 9.17) is 0 Å². The summed E-state index contributed by atoms with van der Waals surface area (Å²) in [4.78, 5) is 0. The van der Waals surface area contributed by atoms with Crippen molar-refractivity contribution in [3.8, 4) is 5.75 Å². The van der Waals surface area contributed by atoms with Crippen molar-refractivity contribution < 1.29 is 31.1 Å². The molecule has 0 radical (unpaired) electrons. The maximum Gasteiger partial charge on any atom is 0.422 e. The first-order chi connectivity index (χ1) is 15.2. The molecule has 0 aliphatic heterocycles. The molecule has 0 bridgehead atoms. The maximum absolute atomic E-state index is 14.5. The number of hydrogen-bond acceptors (Lipinski definition) is 1. The second-order valence-corrected chi connectivity index (χ2v) is 7.84. The third-order valence-corrected chi connectivity index (χ3v) is 5.30. The van der Waals surface area contributed by atoms with Crippen LogP contribution in [0.1, 0.15) is 42.9 Å². The minimum atomic E-state index is -4.71. The average molecular weight is 454 g/mol. The van der Waals surface area contributed by atoms with Crippen LogP contribution in [-0.4, -0.2) is 12.8 Å². The van der Waals surface area contributed by atoms with Crippen LogP contribution in [0, 0.1) is 17.5 Å². The van der Waals surface area contributed by atoms with E-state index in [9.17, 15) is 26.3 Å². The van der Waals surface area contributed by atoms with E-state index in [0.717, 1.165) is 42.9 Å². The van der Waals surface area contributed by atoms with Crippen molar-refractivity contribution in [2.24, 2.45) is 0 Å². The molecule has 0 N–H and O–H groups in total. The molecule has 0 aliphatic carbocycles. The van der Waals surface area contributed by atoms with Crippen molar-refractivity contribution in [2.45, 2.75) is 51.6 Å². The van der Waals surface area contributed by atoms with Gasteiger partial charge in [-0.3, -0.25) is 0 Å². The molecular formula is C25H24F6O. The van der Waals surface area contributed by atoms with Crippen molar-refractivity contribution in [1.29, 1.82) is 0 Å². The molecule has 7 heteroatoms. The number of benzene rings is 3. The highest BCUT2D eigenvalue weighted by Crippen LogP contribution is 2.32. The largest absolute Gasteiger partial charge is 0.478 e. The van der Waals surface area contributed by atoms with Gasteiger partial charge in [-0.25, -0.2) is 13.2 Å². The van der Waals surface area contributed by atoms with Gasteiger partial charge in [0, 0.05) is 5.39 Å². The van der Waals surface area contributed by atoms with Crippen LogP contribution in [0.2, 0.25) is 0 Å². The number of unbranched alkanes of at least 4 members (excludes halogenated alkanes) is 2. The lowest BCUT2D eigenvalue weighted by Gasteiger charge is -2.13. The molecule has 0 unspecified atom stereocenters. The molecular weight excluding hydrogens is 430 g/mol. The summed E-state index contributed by atoms with van der Waals surface area (Å²) >= 11 is 0. The molecule has 0 heterocycles. The fourth-order valence-corrected chi connectivity index (χ4v) is 3.61. The van der Waals surface area contributed by atoms with Gasteiger partial charge in [0.25, 0.3) is 0 Å². The summed E-state index contributed by atoms with van der Waals surface area (Å²) in [5, 5.41) is 0.151. The lowest BCUT2D eigenvalue weighted by atomic mass is 9.98. The zero-order chi connectivity index (χ0) is 23.3. The zero-order valence-corrected chi connectivity index (χ0v) is 17.7. The Bertz CT molecular complexity index is 1070. The molecule has 3 aromatic carbocycles. The second kappa shape index (κ2) is 10.3. The Balaban J connectivity index is 1.72. The monoisotopic (exact) mass is 454 g/mol. The highest BCUT2D eigenvalue weighted by Gasteiger charge is 2.30. The fraction of sp³-hybridized carbons (Fsp3) is 0.360. The first-order valence-electron chi connectivity index (χ1n) is 10.6. The smallest absolute Gasteiger partial charge is 0.422 e. The van der Waals surface area contributed by atoms with Crippen LogP contribution in [-0.2, 0) is 19.3 Å². The molecule has 0 saturated carbocycles. The third kappa shape index (κ3) is 6.17. The summed E-state index contributed by atoms with van der Waals surface area (Å²) < 4.78 is 84.4. The van der Waals surface area contributed by atoms with Gasteiger partial charge < -0.3 is 4.74 Å². The lowest BCUT2D eigenvalue weighted by Crippen LogP contribution is -2.20. The molecule has 0 fully saturated rings. The average Bonchev–Trinajstić information content (AvgIpc) is 2.72. The van der Waals surface area contributed by atoms with E-state index in [2.05, 4.69) is 11.7 Å². The Kier molecular flexibility index (Phi) is 7.69. The van der Waals surface area contributed by atoms with Crippen molar-refractivity contribution in [1.82, 2.24) is 0 Å². The molecule has 172 valence electrons. The number of rotatable bonds is 9. The van der Waals surface area contributed by atoms with Gasteiger partial charge in [-0.05, 0) is 59.9 Å². The van der Waals surface area contributed by atoms with Crippen LogP contribution >= 0.6 is 0 Å². The Morgan fingerprint density at radius 2 is 1.50 bits per heavy atom. The first-order valence-corrected chi connectivity index (χ1v) is 10.6. The molecule has 0 atom stereocenters. The van der Waals surface area contributed by atoms with Gasteiger partial charge >= 0.3 is 6.18 Å². The van der Waals surface area contributed by atoms with E-state index in [1.807, 2.05) is 6.07 Å². The molecule has 0 aliphatic rings. The van der Waals surface area contributed by atoms with E-state index < -0.39 is 30.2 Å². The molecule has 0 spiro atoms. The lowest BCUT2D eigenvalue weighted by molar-refractivity contribution is -0.154. The molecule has 3 rings (SSSR count). The second-order valence-electron chi connectivity index (χ2n) is 7.84. The first kappa shape index (κ1) is 24.0. The number of ether oxygens (including phenoxy) is 1. The minimum absolute atomic E-state index is 0.0464. The molecule has 32 heavy (non-hydrogen) atoms. The summed E-state index contributed by atoms with van der Waals surface area (Å²) in [5.41, 5.74) is 2.24. The van der Waals surface area contributed by atoms with Gasteiger partial charge in [-0.1, -0.05) is 50.1 Å². The van der Waals surface area contributed by atoms with E-state index in [1.54, 1.807) is 24.3 Å². The van der Waals surface area contributed by atoms with Crippen LogP contribution in [0.15, 0.2) is 42.5 Å². The highest BCUT2D eigenvalue weighted by atomic mass is 19.4. The van der Waals surface area contributed by atoms with Gasteiger partial charge in [0.05, 0.1) is 0 Å². The topological polar surface area (TPSA) is 9.23 Å². The van der Waals surface area contributed by atoms with Crippen LogP contribution < -0.4 is 4.74 Å². The normalized spacial score (nSPS) is 11.8. The van der Waals surface area contributed by atoms with Crippen LogP contribution in [0.4, 0.5) is 26.3 Å². The van der Waals surface area contributed by atoms with Crippen molar-refractivity contribution >= 4 is 10.8 Å². The van der Waals surface area contributed by atoms with Crippen molar-refractivity contribution in [3.05, 3.63) is 76.6 Å². The predicted octanol–water partition coefficient (Wildman–Crippen LogP) is 7.72. The van der Waals surface area contributed by atoms with Crippen LogP contribution in [0.3, 0.4) is 0 Å². The molecule has 3 aromatic rings. The van der Waals surface area contributed by atoms with Crippen LogP contribution in [0.5, 0.6) is 5.75 Å². The molecule has 0 aromatic heterocycles. The van der Waals surface area contributed by atoms with E-state index in [1.165, 1.54) is 6.07 Å². The van der Waals surface area contributed by atoms with Gasteiger partial charge in [0.2, 0.25) is 0 Å². The fourth-order valence-electron chi connectivity index (χ4n) is 3.61. The van der Waals surface area contributed by atoms with E-state index >= 15 is 0 Å². The Hall–Kier alpha value is -2.70. The van der Waals surface area contributed by atoms with E-state index in [0.29, 0.717) is 18.4 Å². The summed E-state index contributed by atoms with van der Waals surface area (Å²) in [5.74, 6) is -3.71. The Morgan fingerprint density at radius 1 is 0.781 bits per heavy atom. The Labute approximate surface area is 183 Å². The van der Waals surface area contributed by atoms with Gasteiger partial charge in [0.1, 0.15) is 5.82 Å². The van der Waals surface area contributed by atoms with Gasteiger partial charge in [-0.15, -0.1) is 0 Å². The van der Waals surface area contributed by atoms with Crippen molar-refractivity contribution in [3.63, 3.8) is 0 Å². The van der Waals surface area contributed by atoms with Gasteiger partial charge in [0.15, 0.2) is 24.0 Å². The standard InChI is InChI=1S/C25H24F6O/c1-2-3-4-5-16-6-9-18(21(26)13-16)10-7-17-8-11-20-19(12-17)14-22(27)24(23(20)28)32-15-25(29,30)31/h6,8-9,11-14H,2-5,7,10,15H2,1H3. The molecule has 0 saturated heterocycles. The quantitative estimate of drug-likeness (QED) is 0.238. The summed E-state index contributed by atoms with van der Waals surface area (Å²) in [6, 6.07) is 10.7. The summed E-state index contributed by atoms with van der Waals surface area (Å²) in [6.07, 6.45) is 0.192. The highest BCUT2D eigenvalue weighted by molar-refractivity contribution is 5.85. The Morgan fingerprint density at radius 3 is 2.19 bits per heavy atom. The number of aryl methyl sites for hydroxylation is 3. The third-order valence-electron chi connectivity index (χ3n) is 5.30. The maximum atomic E-state index is 14.5. The summed E-state index contributed by atoms with van der Waals surface area (Å²) in [7, 11) is 0. The van der Waals surface area contributed by atoms with E-state index in [-0.39, 0.29) is 16.6 Å².